The third kappa shape index (κ3) is 2.48. The largest absolute Gasteiger partial charge is 0.366 e. The summed E-state index contributed by atoms with van der Waals surface area (Å²) >= 11 is 5.91. The number of terminal acetylenes is 1. The van der Waals surface area contributed by atoms with Crippen LogP contribution < -0.4 is 5.32 Å². The van der Waals surface area contributed by atoms with E-state index in [4.69, 9.17) is 18.0 Å². The van der Waals surface area contributed by atoms with Gasteiger partial charge in [-0.3, -0.25) is 0 Å². The molecule has 0 aliphatic rings. The van der Waals surface area contributed by atoms with Gasteiger partial charge in [0.15, 0.2) is 0 Å². The quantitative estimate of drug-likeness (QED) is 0.665. The maximum absolute atomic E-state index is 5.91. The Morgan fingerprint density at radius 3 is 3.18 bits per heavy atom. The molecule has 5 nitrogen and oxygen atoms in total. The molecule has 2 heterocycles. The third-order valence-corrected chi connectivity index (χ3v) is 2.62. The van der Waals surface area contributed by atoms with Gasteiger partial charge in [-0.15, -0.1) is 12.3 Å². The van der Waals surface area contributed by atoms with Crippen LogP contribution in [0.5, 0.6) is 0 Å². The minimum absolute atomic E-state index is 0.186. The van der Waals surface area contributed by atoms with Crippen molar-refractivity contribution in [1.29, 1.82) is 0 Å². The van der Waals surface area contributed by atoms with E-state index in [-0.39, 0.29) is 6.04 Å². The summed E-state index contributed by atoms with van der Waals surface area (Å²) in [6, 6.07) is 1.90. The highest BCUT2D eigenvalue weighted by Crippen LogP contribution is 2.16. The zero-order valence-corrected chi connectivity index (χ0v) is 10.1. The maximum atomic E-state index is 5.91. The number of fused-ring (bicyclic) bond motifs is 1. The molecule has 1 atom stereocenters. The lowest BCUT2D eigenvalue weighted by Crippen LogP contribution is -2.20. The topological polar surface area (TPSA) is 55.1 Å². The van der Waals surface area contributed by atoms with E-state index in [0.717, 1.165) is 12.2 Å². The van der Waals surface area contributed by atoms with Gasteiger partial charge in [0.1, 0.15) is 17.3 Å². The van der Waals surface area contributed by atoms with E-state index in [2.05, 4.69) is 33.2 Å². The molecular weight excluding hydrogens is 238 g/mol. The summed E-state index contributed by atoms with van der Waals surface area (Å²) in [6.45, 7) is 2.07. The minimum Gasteiger partial charge on any atom is -0.366 e. The van der Waals surface area contributed by atoms with Crippen molar-refractivity contribution in [2.24, 2.45) is 0 Å². The minimum atomic E-state index is 0.186. The van der Waals surface area contributed by atoms with E-state index in [0.29, 0.717) is 17.4 Å². The predicted octanol–water partition coefficient (Wildman–Crippen LogP) is 1.99. The summed E-state index contributed by atoms with van der Waals surface area (Å²) in [4.78, 5) is 8.05. The van der Waals surface area contributed by atoms with Crippen molar-refractivity contribution in [3.8, 4) is 12.3 Å². The Morgan fingerprint density at radius 2 is 2.47 bits per heavy atom. The number of nitrogens with zero attached hydrogens (tertiary/aromatic N) is 4. The zero-order chi connectivity index (χ0) is 12.3. The summed E-state index contributed by atoms with van der Waals surface area (Å²) in [6.07, 6.45) is 8.32. The molecule has 0 saturated carbocycles. The third-order valence-electron chi connectivity index (χ3n) is 2.43. The highest BCUT2D eigenvalue weighted by atomic mass is 35.5. The molecule has 1 N–H and O–H groups in total. The number of aromatic nitrogens is 4. The normalized spacial score (nSPS) is 12.3. The molecule has 0 radical (unpaired) electrons. The Balaban J connectivity index is 2.34. The first-order valence-corrected chi connectivity index (χ1v) is 5.68. The summed E-state index contributed by atoms with van der Waals surface area (Å²) in [5.41, 5.74) is 0. The fraction of sp³-hybridized carbons (Fsp3) is 0.364. The number of rotatable bonds is 4. The van der Waals surface area contributed by atoms with Crippen LogP contribution in [0.4, 0.5) is 5.82 Å². The lowest BCUT2D eigenvalue weighted by molar-refractivity contribution is 0.704. The van der Waals surface area contributed by atoms with E-state index in [1.807, 2.05) is 0 Å². The molecule has 17 heavy (non-hydrogen) atoms. The second-order valence-corrected chi connectivity index (χ2v) is 3.98. The summed E-state index contributed by atoms with van der Waals surface area (Å²) < 4.78 is 1.60. The Kier molecular flexibility index (Phi) is 3.45. The van der Waals surface area contributed by atoms with Crippen LogP contribution in [0.1, 0.15) is 19.8 Å². The molecule has 0 amide bonds. The average molecular weight is 250 g/mol. The number of nitrogens with one attached hydrogen (secondary N) is 1. The molecule has 0 aromatic carbocycles. The van der Waals surface area contributed by atoms with Crippen molar-refractivity contribution in [2.75, 3.05) is 5.32 Å². The monoisotopic (exact) mass is 249 g/mol. The van der Waals surface area contributed by atoms with Gasteiger partial charge in [0, 0.05) is 18.5 Å². The summed E-state index contributed by atoms with van der Waals surface area (Å²) in [7, 11) is 0. The lowest BCUT2D eigenvalue weighted by atomic mass is 10.1. The van der Waals surface area contributed by atoms with E-state index >= 15 is 0 Å². The number of hydrogen-bond acceptors (Lipinski definition) is 4. The number of halogens is 1. The smallest absolute Gasteiger partial charge is 0.255 e. The van der Waals surface area contributed by atoms with Gasteiger partial charge in [0.25, 0.3) is 5.78 Å². The van der Waals surface area contributed by atoms with Gasteiger partial charge in [-0.25, -0.2) is 0 Å². The van der Waals surface area contributed by atoms with E-state index in [1.165, 1.54) is 6.33 Å². The maximum Gasteiger partial charge on any atom is 0.255 e. The molecule has 0 spiro atoms. The van der Waals surface area contributed by atoms with E-state index < -0.39 is 0 Å². The molecule has 1 unspecified atom stereocenters. The predicted molar refractivity (Wildman–Crippen MR) is 66.9 cm³/mol. The first-order chi connectivity index (χ1) is 8.24. The van der Waals surface area contributed by atoms with Crippen LogP contribution in [0.2, 0.25) is 5.15 Å². The molecule has 0 aliphatic carbocycles. The molecule has 0 bridgehead atoms. The lowest BCUT2D eigenvalue weighted by Gasteiger charge is -2.16. The molecule has 0 aliphatic heterocycles. The molecule has 2 aromatic heterocycles. The van der Waals surface area contributed by atoms with Crippen LogP contribution in [0.25, 0.3) is 5.78 Å². The van der Waals surface area contributed by atoms with Gasteiger partial charge in [-0.1, -0.05) is 18.5 Å². The standard InChI is InChI=1S/C11H12ClN5/c1-3-5-8(4-2)15-10-6-9(12)16-11-13-7-14-17(10)11/h1,6-8,15H,4-5H2,2H3. The average Bonchev–Trinajstić information content (AvgIpc) is 2.76. The van der Waals surface area contributed by atoms with Gasteiger partial charge in [0.05, 0.1) is 0 Å². The van der Waals surface area contributed by atoms with Crippen molar-refractivity contribution in [3.05, 3.63) is 17.5 Å². The van der Waals surface area contributed by atoms with Crippen LogP contribution in [0, 0.1) is 12.3 Å². The van der Waals surface area contributed by atoms with Crippen molar-refractivity contribution in [3.63, 3.8) is 0 Å². The Bertz CT molecular complexity index is 556. The fourth-order valence-corrected chi connectivity index (χ4v) is 1.71. The highest BCUT2D eigenvalue weighted by molar-refractivity contribution is 6.29. The highest BCUT2D eigenvalue weighted by Gasteiger charge is 2.10. The second kappa shape index (κ2) is 5.02. The Labute approximate surface area is 104 Å². The van der Waals surface area contributed by atoms with Gasteiger partial charge >= 0.3 is 0 Å². The Hall–Kier alpha value is -1.80. The van der Waals surface area contributed by atoms with Crippen LogP contribution in [-0.2, 0) is 0 Å². The van der Waals surface area contributed by atoms with Crippen molar-refractivity contribution < 1.29 is 0 Å². The molecule has 0 fully saturated rings. The van der Waals surface area contributed by atoms with Crippen molar-refractivity contribution >= 4 is 23.2 Å². The number of hydrogen-bond donors (Lipinski definition) is 1. The molecular formula is C11H12ClN5. The van der Waals surface area contributed by atoms with Crippen molar-refractivity contribution in [2.45, 2.75) is 25.8 Å². The fourth-order valence-electron chi connectivity index (χ4n) is 1.53. The SMILES string of the molecule is C#CCC(CC)Nc1cc(Cl)nc2ncnn12. The van der Waals surface area contributed by atoms with Gasteiger partial charge in [-0.05, 0) is 6.42 Å². The van der Waals surface area contributed by atoms with E-state index in [9.17, 15) is 0 Å². The molecule has 0 saturated heterocycles. The molecule has 6 heteroatoms. The molecule has 2 aromatic rings. The van der Waals surface area contributed by atoms with Gasteiger partial charge in [0.2, 0.25) is 0 Å². The Morgan fingerprint density at radius 1 is 1.65 bits per heavy atom. The summed E-state index contributed by atoms with van der Waals surface area (Å²) in [5.74, 6) is 3.86. The zero-order valence-electron chi connectivity index (χ0n) is 9.39. The molecule has 88 valence electrons. The molecule has 2 rings (SSSR count). The summed E-state index contributed by atoms with van der Waals surface area (Å²) in [5, 5.41) is 7.75. The van der Waals surface area contributed by atoms with Gasteiger partial charge < -0.3 is 5.32 Å². The van der Waals surface area contributed by atoms with Crippen molar-refractivity contribution in [1.82, 2.24) is 19.6 Å². The first-order valence-electron chi connectivity index (χ1n) is 5.31. The van der Waals surface area contributed by atoms with Crippen LogP contribution in [0.3, 0.4) is 0 Å². The second-order valence-electron chi connectivity index (χ2n) is 3.59. The van der Waals surface area contributed by atoms with E-state index in [1.54, 1.807) is 10.6 Å². The van der Waals surface area contributed by atoms with Crippen LogP contribution in [0.15, 0.2) is 12.4 Å². The van der Waals surface area contributed by atoms with Crippen LogP contribution in [-0.4, -0.2) is 25.6 Å². The van der Waals surface area contributed by atoms with Crippen LogP contribution >= 0.6 is 11.6 Å². The first kappa shape index (κ1) is 11.7. The van der Waals surface area contributed by atoms with Gasteiger partial charge in [-0.2, -0.15) is 19.6 Å². The number of anilines is 1.